The van der Waals surface area contributed by atoms with Gasteiger partial charge in [-0.15, -0.1) is 0 Å². The second-order valence-corrected chi connectivity index (χ2v) is 15.2. The number of hydrogen-bond acceptors (Lipinski definition) is 5. The maximum Gasteiger partial charge on any atom is 0.260 e. The number of carbonyl (C=O) groups is 1. The van der Waals surface area contributed by atoms with Crippen LogP contribution < -0.4 is 15.5 Å². The van der Waals surface area contributed by atoms with Gasteiger partial charge in [-0.1, -0.05) is 71.7 Å². The standard InChI is InChI=1S/C43H41Cl2N5O2/c44-31-12-15-33(16-13-31)49(26-30-8-3-4-9-38(30)46)43(51)37-24-41-36-23-32(45)14-17-35(36)42(40-11-5-10-39(37)50(40)41)48-25-29-7-2-1-6-28(29)22-34(48)27-47-18-20-52-21-19-47/h1-4,6-9,12-17,23-24,34H,5,10-11,18-22,25-27,46H2/t34-/m0/s1. The van der Waals surface area contributed by atoms with Crippen LogP contribution >= 0.6 is 23.2 Å². The van der Waals surface area contributed by atoms with Crippen LogP contribution in [0, 0.1) is 0 Å². The molecule has 9 heteroatoms. The van der Waals surface area contributed by atoms with Crippen molar-refractivity contribution in [1.29, 1.82) is 0 Å². The van der Waals surface area contributed by atoms with Crippen molar-refractivity contribution in [3.63, 3.8) is 0 Å². The number of amides is 1. The number of hydrogen-bond donors (Lipinski definition) is 1. The number of benzene rings is 4. The number of nitrogens with zero attached hydrogens (tertiary/aromatic N) is 4. The molecule has 3 aliphatic heterocycles. The fourth-order valence-electron chi connectivity index (χ4n) is 8.65. The van der Waals surface area contributed by atoms with Crippen LogP contribution in [-0.2, 0) is 37.1 Å². The van der Waals surface area contributed by atoms with Crippen molar-refractivity contribution in [1.82, 2.24) is 9.30 Å². The Bertz CT molecular complexity index is 2310. The van der Waals surface area contributed by atoms with E-state index in [0.29, 0.717) is 27.8 Å². The highest BCUT2D eigenvalue weighted by molar-refractivity contribution is 6.32. The van der Waals surface area contributed by atoms with E-state index in [1.54, 1.807) is 0 Å². The van der Waals surface area contributed by atoms with E-state index in [4.69, 9.17) is 33.7 Å². The number of fused-ring (bicyclic) bond motifs is 3. The number of anilines is 3. The van der Waals surface area contributed by atoms with E-state index in [-0.39, 0.29) is 11.9 Å². The summed E-state index contributed by atoms with van der Waals surface area (Å²) in [6.45, 7) is 5.56. The van der Waals surface area contributed by atoms with Crippen molar-refractivity contribution in [2.75, 3.05) is 48.4 Å². The Morgan fingerprint density at radius 3 is 2.37 bits per heavy atom. The highest BCUT2D eigenvalue weighted by Crippen LogP contribution is 2.43. The first kappa shape index (κ1) is 33.3. The molecule has 0 bridgehead atoms. The lowest BCUT2D eigenvalue weighted by molar-refractivity contribution is 0.0346. The van der Waals surface area contributed by atoms with Gasteiger partial charge in [-0.2, -0.15) is 0 Å². The molecule has 6 aromatic rings. The molecule has 2 aromatic heterocycles. The first-order chi connectivity index (χ1) is 25.4. The fraction of sp³-hybridized carbons (Fsp3) is 0.279. The molecular weight excluding hydrogens is 689 g/mol. The summed E-state index contributed by atoms with van der Waals surface area (Å²) in [7, 11) is 0. The van der Waals surface area contributed by atoms with Gasteiger partial charge in [0.25, 0.3) is 5.91 Å². The number of nitrogen functional groups attached to an aromatic ring is 1. The van der Waals surface area contributed by atoms with E-state index in [0.717, 1.165) is 92.9 Å². The molecule has 264 valence electrons. The Morgan fingerprint density at radius 2 is 1.56 bits per heavy atom. The van der Waals surface area contributed by atoms with Crippen molar-refractivity contribution < 1.29 is 9.53 Å². The number of morpholine rings is 1. The van der Waals surface area contributed by atoms with Crippen molar-refractivity contribution in [3.8, 4) is 0 Å². The van der Waals surface area contributed by atoms with Gasteiger partial charge in [-0.05, 0) is 90.9 Å². The molecule has 0 radical (unpaired) electrons. The second kappa shape index (κ2) is 13.8. The summed E-state index contributed by atoms with van der Waals surface area (Å²) in [5.74, 6) is -0.0639. The molecule has 7 nitrogen and oxygen atoms in total. The minimum atomic E-state index is -0.0639. The quantitative estimate of drug-likeness (QED) is 0.167. The van der Waals surface area contributed by atoms with Gasteiger partial charge in [0.1, 0.15) is 0 Å². The van der Waals surface area contributed by atoms with Gasteiger partial charge in [0, 0.05) is 75.8 Å². The van der Waals surface area contributed by atoms with Crippen LogP contribution in [-0.4, -0.2) is 54.1 Å². The van der Waals surface area contributed by atoms with Crippen LogP contribution in [0.25, 0.3) is 16.3 Å². The lowest BCUT2D eigenvalue weighted by Gasteiger charge is -2.43. The summed E-state index contributed by atoms with van der Waals surface area (Å²) in [5, 5.41) is 3.53. The lowest BCUT2D eigenvalue weighted by atomic mass is 9.91. The van der Waals surface area contributed by atoms with Crippen LogP contribution in [0.15, 0.2) is 97.1 Å². The van der Waals surface area contributed by atoms with Crippen LogP contribution in [0.1, 0.15) is 44.9 Å². The Morgan fingerprint density at radius 1 is 0.827 bits per heavy atom. The number of nitrogens with two attached hydrogens (primary N) is 1. The molecule has 3 aliphatic rings. The molecule has 52 heavy (non-hydrogen) atoms. The Kier molecular flexibility index (Phi) is 8.84. The van der Waals surface area contributed by atoms with Gasteiger partial charge in [0.05, 0.1) is 36.5 Å². The Labute approximate surface area is 314 Å². The largest absolute Gasteiger partial charge is 0.398 e. The molecule has 2 N–H and O–H groups in total. The Hall–Kier alpha value is -4.53. The molecule has 0 spiro atoms. The SMILES string of the molecule is Nc1ccccc1CN(C(=O)c1cc2c3cc(Cl)ccc3c(N3Cc4ccccc4C[C@H]3CN3CCOCC3)c3n2c1CCC3)c1ccc(Cl)cc1. The van der Waals surface area contributed by atoms with Gasteiger partial charge in [-0.25, -0.2) is 0 Å². The van der Waals surface area contributed by atoms with Gasteiger partial charge >= 0.3 is 0 Å². The van der Waals surface area contributed by atoms with E-state index in [1.807, 2.05) is 59.5 Å². The van der Waals surface area contributed by atoms with Gasteiger partial charge in [0.2, 0.25) is 0 Å². The van der Waals surface area contributed by atoms with Crippen molar-refractivity contribution >= 4 is 62.5 Å². The molecule has 1 amide bonds. The molecule has 1 atom stereocenters. The first-order valence-electron chi connectivity index (χ1n) is 18.3. The van der Waals surface area contributed by atoms with Crippen LogP contribution in [0.3, 0.4) is 0 Å². The third-order valence-electron chi connectivity index (χ3n) is 11.2. The van der Waals surface area contributed by atoms with E-state index in [2.05, 4.69) is 56.7 Å². The van der Waals surface area contributed by atoms with Gasteiger partial charge in [0.15, 0.2) is 0 Å². The Balaban J connectivity index is 1.22. The van der Waals surface area contributed by atoms with Gasteiger partial charge < -0.3 is 24.7 Å². The third-order valence-corrected chi connectivity index (χ3v) is 11.7. The zero-order valence-electron chi connectivity index (χ0n) is 29.0. The number of ether oxygens (including phenoxy) is 1. The molecule has 4 aromatic carbocycles. The molecule has 0 aliphatic carbocycles. The minimum Gasteiger partial charge on any atom is -0.398 e. The summed E-state index contributed by atoms with van der Waals surface area (Å²) in [5.41, 5.74) is 16.8. The predicted molar refractivity (Wildman–Crippen MR) is 212 cm³/mol. The van der Waals surface area contributed by atoms with Gasteiger partial charge in [-0.3, -0.25) is 9.69 Å². The number of aryl methyl sites for hydroxylation is 2. The summed E-state index contributed by atoms with van der Waals surface area (Å²) >= 11 is 13.1. The van der Waals surface area contributed by atoms with Crippen LogP contribution in [0.2, 0.25) is 10.0 Å². The van der Waals surface area contributed by atoms with Crippen LogP contribution in [0.4, 0.5) is 17.1 Å². The number of pyridine rings is 1. The molecule has 1 fully saturated rings. The number of rotatable bonds is 7. The minimum absolute atomic E-state index is 0.0639. The molecular formula is C43H41Cl2N5O2. The molecule has 9 rings (SSSR count). The maximum absolute atomic E-state index is 15.0. The number of carbonyl (C=O) groups excluding carboxylic acids is 1. The van der Waals surface area contributed by atoms with Crippen molar-refractivity contribution in [2.45, 2.75) is 44.8 Å². The van der Waals surface area contributed by atoms with E-state index >= 15 is 4.79 Å². The second-order valence-electron chi connectivity index (χ2n) is 14.3. The van der Waals surface area contributed by atoms with Crippen molar-refractivity contribution in [3.05, 3.63) is 141 Å². The number of halogens is 2. The highest BCUT2D eigenvalue weighted by Gasteiger charge is 2.35. The predicted octanol–water partition coefficient (Wildman–Crippen LogP) is 8.58. The highest BCUT2D eigenvalue weighted by atomic mass is 35.5. The lowest BCUT2D eigenvalue weighted by Crippen LogP contribution is -2.50. The monoisotopic (exact) mass is 729 g/mol. The van der Waals surface area contributed by atoms with E-state index in [1.165, 1.54) is 27.9 Å². The summed E-state index contributed by atoms with van der Waals surface area (Å²) in [6, 6.07) is 32.8. The van der Waals surface area contributed by atoms with Crippen molar-refractivity contribution in [2.24, 2.45) is 0 Å². The fourth-order valence-corrected chi connectivity index (χ4v) is 8.95. The average Bonchev–Trinajstić information content (AvgIpc) is 3.56. The first-order valence-corrected chi connectivity index (χ1v) is 19.0. The van der Waals surface area contributed by atoms with E-state index in [9.17, 15) is 0 Å². The zero-order chi connectivity index (χ0) is 35.3. The molecule has 0 saturated carbocycles. The number of para-hydroxylation sites is 1. The maximum atomic E-state index is 15.0. The zero-order valence-corrected chi connectivity index (χ0v) is 30.5. The molecule has 1 saturated heterocycles. The summed E-state index contributed by atoms with van der Waals surface area (Å²) < 4.78 is 8.12. The average molecular weight is 731 g/mol. The van der Waals surface area contributed by atoms with E-state index < -0.39 is 0 Å². The summed E-state index contributed by atoms with van der Waals surface area (Å²) in [4.78, 5) is 22.1. The molecule has 5 heterocycles. The smallest absolute Gasteiger partial charge is 0.260 e. The molecule has 0 unspecified atom stereocenters. The normalized spacial score (nSPS) is 17.4. The van der Waals surface area contributed by atoms with Crippen LogP contribution in [0.5, 0.6) is 0 Å². The summed E-state index contributed by atoms with van der Waals surface area (Å²) in [6.07, 6.45) is 3.65. The topological polar surface area (TPSA) is 66.5 Å². The number of aromatic nitrogens is 1. The third kappa shape index (κ3) is 6.00.